The number of oxazole rings is 1. The average Bonchev–Trinajstić information content (AvgIpc) is 3.37. The zero-order chi connectivity index (χ0) is 22.9. The van der Waals surface area contributed by atoms with Crippen LogP contribution in [0, 0.1) is 11.3 Å². The van der Waals surface area contributed by atoms with Crippen LogP contribution in [0.5, 0.6) is 0 Å². The van der Waals surface area contributed by atoms with Crippen LogP contribution in [0.1, 0.15) is 10.4 Å². The molecule has 33 heavy (non-hydrogen) atoms. The molecule has 0 spiro atoms. The second kappa shape index (κ2) is 9.08. The normalized spacial score (nSPS) is 12.8. The second-order valence-corrected chi connectivity index (χ2v) is 10.8. The molecule has 2 heterocycles. The van der Waals surface area contributed by atoms with Gasteiger partial charge < -0.3 is 4.42 Å². The van der Waals surface area contributed by atoms with E-state index >= 15 is 0 Å². The number of nitrogens with zero attached hydrogens (tertiary/aromatic N) is 3. The summed E-state index contributed by atoms with van der Waals surface area (Å²) in [7, 11) is 1.71. The number of rotatable bonds is 5. The fourth-order valence-electron chi connectivity index (χ4n) is 3.81. The van der Waals surface area contributed by atoms with E-state index in [2.05, 4.69) is 30.3 Å². The summed E-state index contributed by atoms with van der Waals surface area (Å²) in [5.41, 5.74) is 4.56. The van der Waals surface area contributed by atoms with E-state index < -0.39 is 6.04 Å². The molecule has 1 unspecified atom stereocenters. The van der Waals surface area contributed by atoms with Gasteiger partial charge in [-0.05, 0) is 0 Å². The van der Waals surface area contributed by atoms with Crippen LogP contribution in [0.4, 0.5) is 0 Å². The molecule has 2 aromatic heterocycles. The molecule has 0 aliphatic carbocycles. The van der Waals surface area contributed by atoms with Gasteiger partial charge >= 0.3 is 185 Å². The summed E-state index contributed by atoms with van der Waals surface area (Å²) in [6.45, 7) is 0. The zero-order valence-corrected chi connectivity index (χ0v) is 22.5. The quantitative estimate of drug-likeness (QED) is 0.199. The van der Waals surface area contributed by atoms with Crippen LogP contribution >= 0.6 is 11.3 Å². The number of aromatic nitrogens is 1. The molecule has 3 radical (unpaired) electrons. The number of hydrogen-bond donors (Lipinski definition) is 0. The van der Waals surface area contributed by atoms with Gasteiger partial charge in [-0.3, -0.25) is 4.57 Å². The molecule has 1 atom stereocenters. The van der Waals surface area contributed by atoms with Crippen LogP contribution in [0.3, 0.4) is 0 Å². The molecule has 0 aliphatic heterocycles. The number of thiophene rings is 1. The molecule has 159 valence electrons. The number of hydrogen-bond acceptors (Lipinski definition) is 5. The average molecular weight is 644 g/mol. The molecule has 5 aromatic rings. The minimum atomic E-state index is -0.393. The maximum atomic E-state index is 11.8. The molecular weight excluding hydrogens is 626 g/mol. The van der Waals surface area contributed by atoms with Crippen molar-refractivity contribution in [3.05, 3.63) is 93.8 Å². The summed E-state index contributed by atoms with van der Waals surface area (Å²) < 4.78 is 8.93. The van der Waals surface area contributed by atoms with Crippen LogP contribution in [0.2, 0.25) is 0 Å². The maximum absolute atomic E-state index is 11.8. The number of benzene rings is 3. The van der Waals surface area contributed by atoms with E-state index in [4.69, 9.17) is 9.41 Å². The van der Waals surface area contributed by atoms with Crippen molar-refractivity contribution in [3.8, 4) is 17.2 Å². The third-order valence-corrected chi connectivity index (χ3v) is 8.32. The SMILES string of the molecule is Cn1c(=O)oc2ccc(-c3ccc4cc(CC(C#N)N=[C]([Pb])c5ccccc5)sc4c3)cc21. The molecule has 0 N–H and O–H groups in total. The Bertz CT molecular complexity index is 1610. The van der Waals surface area contributed by atoms with E-state index in [1.807, 2.05) is 48.5 Å². The Labute approximate surface area is 210 Å². The molecular formula is C26H18N3O2PbS. The fraction of sp³-hybridized carbons (Fsp3) is 0.115. The molecule has 0 fully saturated rings. The van der Waals surface area contributed by atoms with Gasteiger partial charge in [-0.1, -0.05) is 0 Å². The Hall–Kier alpha value is -3.03. The molecule has 5 rings (SSSR count). The summed E-state index contributed by atoms with van der Waals surface area (Å²) in [5.74, 6) is -0.361. The Morgan fingerprint density at radius 3 is 2.67 bits per heavy atom. The van der Waals surface area contributed by atoms with E-state index in [-0.39, 0.29) is 5.76 Å². The van der Waals surface area contributed by atoms with Crippen LogP contribution in [0.25, 0.3) is 32.3 Å². The van der Waals surface area contributed by atoms with Crippen molar-refractivity contribution < 1.29 is 4.42 Å². The Morgan fingerprint density at radius 1 is 1.12 bits per heavy atom. The van der Waals surface area contributed by atoms with Gasteiger partial charge in [0, 0.05) is 7.05 Å². The van der Waals surface area contributed by atoms with Gasteiger partial charge in [0.15, 0.2) is 5.58 Å². The van der Waals surface area contributed by atoms with E-state index in [1.54, 1.807) is 18.4 Å². The first-order chi connectivity index (χ1) is 16.0. The number of nitriles is 1. The standard InChI is InChI=1S/C26H18N3O2S.Pb/c1-29-23-12-18(9-10-24(23)31-26(29)30)19-7-8-20-11-22(32-25(20)13-19)14-21(15-27)28-16-17-5-3-2-4-6-17;/h2-13,21H,14H2,1H3;. The van der Waals surface area contributed by atoms with Gasteiger partial charge in [-0.2, -0.15) is 0 Å². The molecule has 5 nitrogen and oxygen atoms in total. The van der Waals surface area contributed by atoms with Crippen molar-refractivity contribution in [2.24, 2.45) is 12.0 Å². The molecule has 0 saturated carbocycles. The van der Waals surface area contributed by atoms with Crippen LogP contribution in [0.15, 0.2) is 87.0 Å². The van der Waals surface area contributed by atoms with Crippen molar-refractivity contribution in [1.82, 2.24) is 4.57 Å². The Kier molecular flexibility index (Phi) is 6.00. The number of fused-ring (bicyclic) bond motifs is 2. The Morgan fingerprint density at radius 2 is 1.88 bits per heavy atom. The molecule has 3 aromatic carbocycles. The molecule has 0 amide bonds. The van der Waals surface area contributed by atoms with Crippen LogP contribution in [-0.4, -0.2) is 39.6 Å². The fourth-order valence-corrected chi connectivity index (χ4v) is 6.20. The Balaban J connectivity index is 1.43. The van der Waals surface area contributed by atoms with Crippen molar-refractivity contribution in [3.63, 3.8) is 0 Å². The molecule has 7 heteroatoms. The van der Waals surface area contributed by atoms with Crippen molar-refractivity contribution in [2.45, 2.75) is 12.5 Å². The van der Waals surface area contributed by atoms with Crippen molar-refractivity contribution in [2.75, 3.05) is 0 Å². The van der Waals surface area contributed by atoms with Crippen molar-refractivity contribution >= 4 is 61.6 Å². The topological polar surface area (TPSA) is 71.3 Å². The van der Waals surface area contributed by atoms with Crippen LogP contribution in [-0.2, 0) is 13.5 Å². The first-order valence-electron chi connectivity index (χ1n) is 10.4. The van der Waals surface area contributed by atoms with Crippen LogP contribution < -0.4 is 5.76 Å². The first-order valence-corrected chi connectivity index (χ1v) is 13.1. The third-order valence-electron chi connectivity index (χ3n) is 5.57. The predicted molar refractivity (Wildman–Crippen MR) is 134 cm³/mol. The van der Waals surface area contributed by atoms with Crippen molar-refractivity contribution in [1.29, 1.82) is 5.26 Å². The van der Waals surface area contributed by atoms with E-state index in [9.17, 15) is 10.1 Å². The van der Waals surface area contributed by atoms with Gasteiger partial charge in [-0.15, -0.1) is 0 Å². The number of aryl methyl sites for hydroxylation is 1. The summed E-state index contributed by atoms with van der Waals surface area (Å²) in [6, 6.07) is 26.3. The van der Waals surface area contributed by atoms with E-state index in [0.29, 0.717) is 12.0 Å². The summed E-state index contributed by atoms with van der Waals surface area (Å²) in [6.07, 6.45) is 0.604. The van der Waals surface area contributed by atoms with Gasteiger partial charge in [0.1, 0.15) is 0 Å². The first kappa shape index (κ1) is 21.8. The third kappa shape index (κ3) is 4.43. The van der Waals surface area contributed by atoms with Gasteiger partial charge in [0.25, 0.3) is 0 Å². The molecule has 0 bridgehead atoms. The summed E-state index contributed by atoms with van der Waals surface area (Å²) in [4.78, 5) is 17.7. The van der Waals surface area contributed by atoms with Gasteiger partial charge in [-0.25, -0.2) is 4.79 Å². The predicted octanol–water partition coefficient (Wildman–Crippen LogP) is 5.06. The summed E-state index contributed by atoms with van der Waals surface area (Å²) >= 11 is 2.49. The van der Waals surface area contributed by atoms with Gasteiger partial charge in [0.05, 0.1) is 0 Å². The second-order valence-electron chi connectivity index (χ2n) is 7.77. The minimum absolute atomic E-state index is 0.361. The molecule has 0 saturated heterocycles. The molecule has 0 aliphatic rings. The van der Waals surface area contributed by atoms with Gasteiger partial charge in [0.2, 0.25) is 0 Å². The monoisotopic (exact) mass is 644 g/mol. The summed E-state index contributed by atoms with van der Waals surface area (Å²) in [5, 5.41) is 10.9. The van der Waals surface area contributed by atoms with E-state index in [0.717, 1.165) is 61.5 Å². The zero-order valence-electron chi connectivity index (χ0n) is 17.8. The van der Waals surface area contributed by atoms with E-state index in [1.165, 1.54) is 9.27 Å². The number of aliphatic imine (C=N–C) groups is 1.